The minimum absolute atomic E-state index is 0.0489. The lowest BCUT2D eigenvalue weighted by molar-refractivity contribution is 0.0581. The van der Waals surface area contributed by atoms with Gasteiger partial charge < -0.3 is 14.2 Å². The molecule has 1 atom stereocenters. The van der Waals surface area contributed by atoms with E-state index in [1.807, 2.05) is 35.2 Å². The predicted molar refractivity (Wildman–Crippen MR) is 110 cm³/mol. The zero-order chi connectivity index (χ0) is 18.6. The van der Waals surface area contributed by atoms with Crippen molar-refractivity contribution in [3.8, 4) is 5.75 Å². The van der Waals surface area contributed by atoms with Gasteiger partial charge in [0.15, 0.2) is 11.4 Å². The standard InChI is InChI=1S/C21H21IN2O3/c22-16-15-8-10-21-9-4-5-11-23(13-21)20(26)17(24(15)21)19(18(16)25)27-12-14-6-2-1-3-7-14/h1-3,6-7H,4-5,8-13H2. The Hall–Kier alpha value is -1.83. The van der Waals surface area contributed by atoms with Crippen molar-refractivity contribution in [3.05, 3.63) is 61.1 Å². The first-order valence-corrected chi connectivity index (χ1v) is 10.6. The van der Waals surface area contributed by atoms with Gasteiger partial charge in [-0.15, -0.1) is 0 Å². The van der Waals surface area contributed by atoms with Crippen LogP contribution < -0.4 is 10.2 Å². The number of pyridine rings is 1. The summed E-state index contributed by atoms with van der Waals surface area (Å²) in [6.45, 7) is 1.83. The zero-order valence-electron chi connectivity index (χ0n) is 15.0. The van der Waals surface area contributed by atoms with Crippen LogP contribution in [0.4, 0.5) is 0 Å². The minimum Gasteiger partial charge on any atom is -0.483 e. The number of benzene rings is 1. The van der Waals surface area contributed by atoms with E-state index >= 15 is 0 Å². The van der Waals surface area contributed by atoms with E-state index in [4.69, 9.17) is 4.74 Å². The first-order chi connectivity index (χ1) is 13.1. The van der Waals surface area contributed by atoms with Gasteiger partial charge in [0.05, 0.1) is 9.11 Å². The third-order valence-corrected chi connectivity index (χ3v) is 7.30. The zero-order valence-corrected chi connectivity index (χ0v) is 17.2. The number of halogens is 1. The van der Waals surface area contributed by atoms with Gasteiger partial charge in [0.2, 0.25) is 5.43 Å². The van der Waals surface area contributed by atoms with Crippen molar-refractivity contribution < 1.29 is 9.53 Å². The Morgan fingerprint density at radius 1 is 1.11 bits per heavy atom. The molecule has 0 radical (unpaired) electrons. The second-order valence-electron chi connectivity index (χ2n) is 7.79. The van der Waals surface area contributed by atoms with Crippen molar-refractivity contribution >= 4 is 28.5 Å². The van der Waals surface area contributed by atoms with Gasteiger partial charge in [0.1, 0.15) is 6.61 Å². The highest BCUT2D eigenvalue weighted by atomic mass is 127. The van der Waals surface area contributed by atoms with Gasteiger partial charge in [-0.2, -0.15) is 0 Å². The van der Waals surface area contributed by atoms with Crippen LogP contribution in [0.1, 0.15) is 47.4 Å². The van der Waals surface area contributed by atoms with Gasteiger partial charge in [-0.05, 0) is 60.3 Å². The third-order valence-electron chi connectivity index (χ3n) is 6.19. The molecule has 5 nitrogen and oxygen atoms in total. The quantitative estimate of drug-likeness (QED) is 0.639. The molecule has 0 saturated carbocycles. The molecule has 2 bridgehead atoms. The van der Waals surface area contributed by atoms with Crippen LogP contribution in [0.2, 0.25) is 0 Å². The van der Waals surface area contributed by atoms with Crippen LogP contribution in [0.5, 0.6) is 5.75 Å². The van der Waals surface area contributed by atoms with Crippen LogP contribution in [0.25, 0.3) is 0 Å². The monoisotopic (exact) mass is 476 g/mol. The van der Waals surface area contributed by atoms with Gasteiger partial charge in [0, 0.05) is 18.8 Å². The fourth-order valence-electron chi connectivity index (χ4n) is 4.92. The molecule has 5 rings (SSSR count). The van der Waals surface area contributed by atoms with E-state index in [0.29, 0.717) is 15.9 Å². The number of carbonyl (C=O) groups excluding carboxylic acids is 1. The molecule has 1 saturated heterocycles. The normalized spacial score (nSPS) is 23.1. The fourth-order valence-corrected chi connectivity index (χ4v) is 5.67. The third kappa shape index (κ3) is 2.56. The summed E-state index contributed by atoms with van der Waals surface area (Å²) in [4.78, 5) is 28.3. The second kappa shape index (κ2) is 6.36. The maximum Gasteiger partial charge on any atom is 0.274 e. The van der Waals surface area contributed by atoms with Gasteiger partial charge in [-0.3, -0.25) is 9.59 Å². The van der Waals surface area contributed by atoms with Crippen LogP contribution >= 0.6 is 22.6 Å². The summed E-state index contributed by atoms with van der Waals surface area (Å²) in [5, 5.41) is 0. The van der Waals surface area contributed by atoms with Crippen molar-refractivity contribution in [3.63, 3.8) is 0 Å². The average molecular weight is 476 g/mol. The lowest BCUT2D eigenvalue weighted by Gasteiger charge is -2.42. The topological polar surface area (TPSA) is 51.5 Å². The summed E-state index contributed by atoms with van der Waals surface area (Å²) in [7, 11) is 0. The Balaban J connectivity index is 1.68. The molecule has 1 unspecified atom stereocenters. The lowest BCUT2D eigenvalue weighted by Crippen LogP contribution is -2.52. The first kappa shape index (κ1) is 17.3. The van der Waals surface area contributed by atoms with E-state index in [9.17, 15) is 9.59 Å². The molecule has 0 aliphatic carbocycles. The van der Waals surface area contributed by atoms with Crippen molar-refractivity contribution in [2.45, 2.75) is 44.2 Å². The molecule has 1 fully saturated rings. The number of nitrogens with zero attached hydrogens (tertiary/aromatic N) is 2. The molecule has 27 heavy (non-hydrogen) atoms. The highest BCUT2D eigenvalue weighted by Crippen LogP contribution is 2.45. The smallest absolute Gasteiger partial charge is 0.274 e. The molecule has 1 aromatic carbocycles. The summed E-state index contributed by atoms with van der Waals surface area (Å²) < 4.78 is 8.93. The Bertz CT molecular complexity index is 985. The van der Waals surface area contributed by atoms with Gasteiger partial charge >= 0.3 is 0 Å². The largest absolute Gasteiger partial charge is 0.483 e. The molecule has 1 aromatic heterocycles. The molecular formula is C21H21IN2O3. The van der Waals surface area contributed by atoms with Gasteiger partial charge in [-0.1, -0.05) is 30.3 Å². The Kier molecular flexibility index (Phi) is 4.07. The maximum atomic E-state index is 13.3. The Morgan fingerprint density at radius 2 is 1.93 bits per heavy atom. The van der Waals surface area contributed by atoms with Crippen LogP contribution in [-0.4, -0.2) is 28.5 Å². The molecule has 1 amide bonds. The highest BCUT2D eigenvalue weighted by Gasteiger charge is 2.50. The number of aromatic nitrogens is 1. The number of rotatable bonds is 3. The molecule has 0 N–H and O–H groups in total. The van der Waals surface area contributed by atoms with E-state index in [2.05, 4.69) is 27.2 Å². The van der Waals surface area contributed by atoms with E-state index in [1.54, 1.807) is 0 Å². The lowest BCUT2D eigenvalue weighted by atomic mass is 9.89. The average Bonchev–Trinajstić information content (AvgIpc) is 2.93. The van der Waals surface area contributed by atoms with E-state index in [-0.39, 0.29) is 22.6 Å². The number of hydrogen-bond acceptors (Lipinski definition) is 3. The van der Waals surface area contributed by atoms with Gasteiger partial charge in [0.25, 0.3) is 5.91 Å². The summed E-state index contributed by atoms with van der Waals surface area (Å²) in [5.41, 5.74) is 2.29. The van der Waals surface area contributed by atoms with E-state index in [0.717, 1.165) is 56.5 Å². The summed E-state index contributed by atoms with van der Waals surface area (Å²) >= 11 is 2.14. The van der Waals surface area contributed by atoms with Crippen LogP contribution in [0, 0.1) is 3.57 Å². The molecule has 4 heterocycles. The highest BCUT2D eigenvalue weighted by molar-refractivity contribution is 14.1. The molecule has 3 aliphatic heterocycles. The number of fused-ring (bicyclic) bond motifs is 1. The summed E-state index contributed by atoms with van der Waals surface area (Å²) in [6, 6.07) is 9.78. The van der Waals surface area contributed by atoms with Crippen LogP contribution in [-0.2, 0) is 18.6 Å². The first-order valence-electron chi connectivity index (χ1n) is 9.55. The molecule has 6 heteroatoms. The Morgan fingerprint density at radius 3 is 2.74 bits per heavy atom. The molecule has 3 aliphatic rings. The SMILES string of the molecule is O=C1c2c(OCc3ccccc3)c(=O)c(I)c3n2C2(CCCCN1C2)CC3. The van der Waals surface area contributed by atoms with Crippen molar-refractivity contribution in [1.29, 1.82) is 0 Å². The molecule has 2 aromatic rings. The number of ether oxygens (including phenoxy) is 1. The molecular weight excluding hydrogens is 455 g/mol. The van der Waals surface area contributed by atoms with E-state index in [1.165, 1.54) is 0 Å². The van der Waals surface area contributed by atoms with Gasteiger partial charge in [-0.25, -0.2) is 0 Å². The number of carbonyl (C=O) groups is 1. The molecule has 1 spiro atoms. The van der Waals surface area contributed by atoms with Crippen molar-refractivity contribution in [2.24, 2.45) is 0 Å². The predicted octanol–water partition coefficient (Wildman–Crippen LogP) is 3.31. The second-order valence-corrected chi connectivity index (χ2v) is 8.86. The fraction of sp³-hybridized carbons (Fsp3) is 0.429. The van der Waals surface area contributed by atoms with E-state index < -0.39 is 0 Å². The summed E-state index contributed by atoms with van der Waals surface area (Å²) in [5.74, 6) is 0.183. The van der Waals surface area contributed by atoms with Crippen LogP contribution in [0.3, 0.4) is 0 Å². The minimum atomic E-state index is -0.141. The number of amides is 1. The van der Waals surface area contributed by atoms with Crippen LogP contribution in [0.15, 0.2) is 35.1 Å². The van der Waals surface area contributed by atoms with Crippen molar-refractivity contribution in [1.82, 2.24) is 9.47 Å². The maximum absolute atomic E-state index is 13.3. The summed E-state index contributed by atoms with van der Waals surface area (Å²) in [6.07, 6.45) is 5.07. The Labute approximate surface area is 171 Å². The van der Waals surface area contributed by atoms with Crippen molar-refractivity contribution in [2.75, 3.05) is 13.1 Å². The number of hydrogen-bond donors (Lipinski definition) is 0. The molecule has 140 valence electrons.